The summed E-state index contributed by atoms with van der Waals surface area (Å²) in [4.78, 5) is 0. The predicted octanol–water partition coefficient (Wildman–Crippen LogP) is 2.97. The molecule has 0 saturated heterocycles. The molecule has 0 aromatic carbocycles. The van der Waals surface area contributed by atoms with Crippen molar-refractivity contribution in [3.8, 4) is 0 Å². The molecule has 1 aliphatic rings. The molecule has 15 heavy (non-hydrogen) atoms. The maximum Gasteiger partial charge on any atom is 0.0753 e. The average Bonchev–Trinajstić information content (AvgIpc) is 2.27. The van der Waals surface area contributed by atoms with Crippen LogP contribution in [0.1, 0.15) is 52.9 Å². The van der Waals surface area contributed by atoms with Gasteiger partial charge < -0.3 is 10.1 Å². The molecule has 1 aliphatic carbocycles. The summed E-state index contributed by atoms with van der Waals surface area (Å²) < 4.78 is 5.93. The first-order chi connectivity index (χ1) is 7.29. The van der Waals surface area contributed by atoms with Crippen molar-refractivity contribution < 1.29 is 4.74 Å². The largest absolute Gasteiger partial charge is 0.377 e. The molecule has 0 spiro atoms. The van der Waals surface area contributed by atoms with Crippen molar-refractivity contribution in [2.75, 3.05) is 13.2 Å². The summed E-state index contributed by atoms with van der Waals surface area (Å²) in [6, 6.07) is 0.498. The summed E-state index contributed by atoms with van der Waals surface area (Å²) >= 11 is 0. The number of nitrogens with one attached hydrogen (secondary N) is 1. The predicted molar refractivity (Wildman–Crippen MR) is 65.1 cm³/mol. The quantitative estimate of drug-likeness (QED) is 0.732. The van der Waals surface area contributed by atoms with E-state index < -0.39 is 0 Å². The van der Waals surface area contributed by atoms with Gasteiger partial charge in [0, 0.05) is 12.6 Å². The SMILES string of the molecule is CCNC(C)C(OCC)C1CCCCC1. The Bertz CT molecular complexity index is 155. The van der Waals surface area contributed by atoms with Crippen molar-refractivity contribution in [1.82, 2.24) is 5.32 Å². The second kappa shape index (κ2) is 7.24. The van der Waals surface area contributed by atoms with Gasteiger partial charge in [0.25, 0.3) is 0 Å². The summed E-state index contributed by atoms with van der Waals surface area (Å²) in [6.07, 6.45) is 7.36. The highest BCUT2D eigenvalue weighted by atomic mass is 16.5. The fourth-order valence-corrected chi connectivity index (χ4v) is 2.78. The molecule has 1 saturated carbocycles. The number of ether oxygens (including phenoxy) is 1. The highest BCUT2D eigenvalue weighted by Gasteiger charge is 2.27. The highest BCUT2D eigenvalue weighted by Crippen LogP contribution is 2.29. The van der Waals surface area contributed by atoms with Crippen molar-refractivity contribution in [2.24, 2.45) is 5.92 Å². The van der Waals surface area contributed by atoms with Crippen LogP contribution in [0.25, 0.3) is 0 Å². The summed E-state index contributed by atoms with van der Waals surface area (Å²) in [5.74, 6) is 0.785. The molecule has 2 atom stereocenters. The smallest absolute Gasteiger partial charge is 0.0753 e. The minimum atomic E-state index is 0.426. The van der Waals surface area contributed by atoms with Crippen LogP contribution < -0.4 is 5.32 Å². The Morgan fingerprint density at radius 3 is 2.40 bits per heavy atom. The number of likely N-dealkylation sites (N-methyl/N-ethyl adjacent to an activating group) is 1. The Morgan fingerprint density at radius 1 is 1.20 bits per heavy atom. The zero-order valence-corrected chi connectivity index (χ0v) is 10.6. The zero-order valence-electron chi connectivity index (χ0n) is 10.6. The Hall–Kier alpha value is -0.0800. The van der Waals surface area contributed by atoms with Crippen LogP contribution in [0.2, 0.25) is 0 Å². The van der Waals surface area contributed by atoms with Crippen LogP contribution in [-0.2, 0) is 4.74 Å². The van der Waals surface area contributed by atoms with E-state index in [4.69, 9.17) is 4.74 Å². The first kappa shape index (κ1) is 13.0. The first-order valence-corrected chi connectivity index (χ1v) is 6.64. The number of hydrogen-bond acceptors (Lipinski definition) is 2. The lowest BCUT2D eigenvalue weighted by atomic mass is 9.83. The van der Waals surface area contributed by atoms with Gasteiger partial charge >= 0.3 is 0 Å². The van der Waals surface area contributed by atoms with E-state index in [9.17, 15) is 0 Å². The van der Waals surface area contributed by atoms with E-state index in [0.717, 1.165) is 19.1 Å². The third-order valence-electron chi connectivity index (χ3n) is 3.49. The maximum atomic E-state index is 5.93. The van der Waals surface area contributed by atoms with Crippen molar-refractivity contribution in [3.05, 3.63) is 0 Å². The van der Waals surface area contributed by atoms with Crippen molar-refractivity contribution in [3.63, 3.8) is 0 Å². The van der Waals surface area contributed by atoms with Crippen molar-refractivity contribution in [2.45, 2.75) is 65.0 Å². The van der Waals surface area contributed by atoms with Gasteiger partial charge in [-0.2, -0.15) is 0 Å². The van der Waals surface area contributed by atoms with Gasteiger partial charge in [0.05, 0.1) is 6.10 Å². The van der Waals surface area contributed by atoms with Crippen molar-refractivity contribution in [1.29, 1.82) is 0 Å². The van der Waals surface area contributed by atoms with E-state index in [-0.39, 0.29) is 0 Å². The van der Waals surface area contributed by atoms with E-state index in [1.54, 1.807) is 0 Å². The van der Waals surface area contributed by atoms with Gasteiger partial charge in [0.1, 0.15) is 0 Å². The van der Waals surface area contributed by atoms with Crippen LogP contribution in [0.5, 0.6) is 0 Å². The zero-order chi connectivity index (χ0) is 11.1. The molecular formula is C13H27NO. The lowest BCUT2D eigenvalue weighted by molar-refractivity contribution is -0.0131. The molecular weight excluding hydrogens is 186 g/mol. The standard InChI is InChI=1S/C13H27NO/c1-4-14-11(3)13(15-5-2)12-9-7-6-8-10-12/h11-14H,4-10H2,1-3H3. The molecule has 0 radical (unpaired) electrons. The van der Waals surface area contributed by atoms with Gasteiger partial charge in [-0.1, -0.05) is 26.2 Å². The topological polar surface area (TPSA) is 21.3 Å². The van der Waals surface area contributed by atoms with Crippen LogP contribution >= 0.6 is 0 Å². The summed E-state index contributed by atoms with van der Waals surface area (Å²) in [5, 5.41) is 3.50. The van der Waals surface area contributed by atoms with E-state index in [2.05, 4.69) is 26.1 Å². The summed E-state index contributed by atoms with van der Waals surface area (Å²) in [6.45, 7) is 8.42. The van der Waals surface area contributed by atoms with Gasteiger partial charge in [-0.05, 0) is 39.2 Å². The molecule has 1 rings (SSSR count). The average molecular weight is 213 g/mol. The lowest BCUT2D eigenvalue weighted by Crippen LogP contribution is -2.44. The van der Waals surface area contributed by atoms with Crippen molar-refractivity contribution >= 4 is 0 Å². The van der Waals surface area contributed by atoms with E-state index in [1.807, 2.05) is 0 Å². The molecule has 1 N–H and O–H groups in total. The minimum absolute atomic E-state index is 0.426. The van der Waals surface area contributed by atoms with E-state index in [1.165, 1.54) is 32.1 Å². The van der Waals surface area contributed by atoms with Gasteiger partial charge in [0.2, 0.25) is 0 Å². The van der Waals surface area contributed by atoms with Crippen LogP contribution in [0.3, 0.4) is 0 Å². The number of rotatable bonds is 6. The lowest BCUT2D eigenvalue weighted by Gasteiger charge is -2.34. The maximum absolute atomic E-state index is 5.93. The minimum Gasteiger partial charge on any atom is -0.377 e. The van der Waals surface area contributed by atoms with Crippen LogP contribution in [0.15, 0.2) is 0 Å². The molecule has 0 aliphatic heterocycles. The Morgan fingerprint density at radius 2 is 1.87 bits per heavy atom. The van der Waals surface area contributed by atoms with Gasteiger partial charge in [-0.25, -0.2) is 0 Å². The fraction of sp³-hybridized carbons (Fsp3) is 1.00. The molecule has 0 aromatic rings. The molecule has 2 unspecified atom stereocenters. The van der Waals surface area contributed by atoms with Crippen LogP contribution in [0.4, 0.5) is 0 Å². The Balaban J connectivity index is 2.46. The molecule has 0 bridgehead atoms. The Kier molecular flexibility index (Phi) is 6.26. The van der Waals surface area contributed by atoms with Crippen LogP contribution in [-0.4, -0.2) is 25.3 Å². The molecule has 2 heteroatoms. The van der Waals surface area contributed by atoms with E-state index in [0.29, 0.717) is 12.1 Å². The molecule has 2 nitrogen and oxygen atoms in total. The molecule has 90 valence electrons. The first-order valence-electron chi connectivity index (χ1n) is 6.64. The monoisotopic (exact) mass is 213 g/mol. The second-order valence-corrected chi connectivity index (χ2v) is 4.66. The molecule has 1 fully saturated rings. The summed E-state index contributed by atoms with van der Waals surface area (Å²) in [5.41, 5.74) is 0. The van der Waals surface area contributed by atoms with Gasteiger partial charge in [-0.3, -0.25) is 0 Å². The fourth-order valence-electron chi connectivity index (χ4n) is 2.78. The molecule has 0 heterocycles. The molecule has 0 aromatic heterocycles. The molecule has 0 amide bonds. The highest BCUT2D eigenvalue weighted by molar-refractivity contribution is 4.82. The van der Waals surface area contributed by atoms with E-state index >= 15 is 0 Å². The van der Waals surface area contributed by atoms with Crippen LogP contribution in [0, 0.1) is 5.92 Å². The summed E-state index contributed by atoms with van der Waals surface area (Å²) in [7, 11) is 0. The second-order valence-electron chi connectivity index (χ2n) is 4.66. The van der Waals surface area contributed by atoms with Gasteiger partial charge in [-0.15, -0.1) is 0 Å². The number of hydrogen-bond donors (Lipinski definition) is 1. The third kappa shape index (κ3) is 4.12. The third-order valence-corrected chi connectivity index (χ3v) is 3.49. The Labute approximate surface area is 94.8 Å². The normalized spacial score (nSPS) is 22.6. The van der Waals surface area contributed by atoms with Gasteiger partial charge in [0.15, 0.2) is 0 Å².